The van der Waals surface area contributed by atoms with Crippen molar-refractivity contribution in [2.75, 3.05) is 0 Å². The monoisotopic (exact) mass is 426 g/mol. The van der Waals surface area contributed by atoms with Gasteiger partial charge in [-0.15, -0.1) is 0 Å². The summed E-state index contributed by atoms with van der Waals surface area (Å²) < 4.78 is 4.13. The number of hydrogen-bond donors (Lipinski definition) is 0. The van der Waals surface area contributed by atoms with Gasteiger partial charge in [0, 0.05) is 10.5 Å². The number of hydrogen-bond acceptors (Lipinski definition) is 2. The summed E-state index contributed by atoms with van der Waals surface area (Å²) in [6.45, 7) is 2.52. The van der Waals surface area contributed by atoms with Gasteiger partial charge in [-0.3, -0.25) is 13.9 Å². The lowest BCUT2D eigenvalue weighted by Crippen LogP contribution is -2.43. The largest absolute Gasteiger partial charge is 0.332 e. The first kappa shape index (κ1) is 18.2. The van der Waals surface area contributed by atoms with E-state index in [9.17, 15) is 9.59 Å². The van der Waals surface area contributed by atoms with Crippen LogP contribution in [-0.4, -0.2) is 9.13 Å². The van der Waals surface area contributed by atoms with Crippen LogP contribution in [0.25, 0.3) is 10.9 Å². The topological polar surface area (TPSA) is 44.0 Å². The van der Waals surface area contributed by atoms with E-state index >= 15 is 0 Å². The molecule has 0 bridgehead atoms. The average molecular weight is 427 g/mol. The summed E-state index contributed by atoms with van der Waals surface area (Å²) in [4.78, 5) is 26.6. The Morgan fingerprint density at radius 3 is 2.52 bits per heavy atom. The van der Waals surface area contributed by atoms with Gasteiger partial charge in [-0.05, 0) is 49.1 Å². The number of rotatable bonds is 3. The van der Waals surface area contributed by atoms with Crippen molar-refractivity contribution in [3.8, 4) is 0 Å². The number of aromatic nitrogens is 2. The van der Waals surface area contributed by atoms with Crippen LogP contribution in [0.4, 0.5) is 0 Å². The summed E-state index contributed by atoms with van der Waals surface area (Å²) in [5.74, 6) is 0. The van der Waals surface area contributed by atoms with Gasteiger partial charge in [-0.25, -0.2) is 4.79 Å². The van der Waals surface area contributed by atoms with Gasteiger partial charge in [-0.2, -0.15) is 0 Å². The quantitative estimate of drug-likeness (QED) is 0.604. The van der Waals surface area contributed by atoms with Crippen LogP contribution < -0.4 is 11.2 Å². The molecule has 5 heteroatoms. The van der Waals surface area contributed by atoms with E-state index in [2.05, 4.69) is 28.9 Å². The molecule has 0 radical (unpaired) electrons. The van der Waals surface area contributed by atoms with E-state index < -0.39 is 0 Å². The fourth-order valence-corrected chi connectivity index (χ4v) is 4.50. The molecule has 2 aromatic carbocycles. The minimum Gasteiger partial charge on any atom is -0.289 e. The van der Waals surface area contributed by atoms with Gasteiger partial charge in [0.1, 0.15) is 0 Å². The van der Waals surface area contributed by atoms with E-state index in [0.717, 1.165) is 41.3 Å². The molecule has 0 unspecified atom stereocenters. The second kappa shape index (κ2) is 7.47. The van der Waals surface area contributed by atoms with Crippen LogP contribution >= 0.6 is 15.9 Å². The molecule has 1 aliphatic rings. The Hall–Kier alpha value is -2.14. The van der Waals surface area contributed by atoms with Crippen molar-refractivity contribution in [3.63, 3.8) is 0 Å². The van der Waals surface area contributed by atoms with E-state index in [-0.39, 0.29) is 17.3 Å². The Morgan fingerprint density at radius 2 is 1.78 bits per heavy atom. The van der Waals surface area contributed by atoms with E-state index in [4.69, 9.17) is 0 Å². The summed E-state index contributed by atoms with van der Waals surface area (Å²) >= 11 is 3.47. The molecule has 27 heavy (non-hydrogen) atoms. The van der Waals surface area contributed by atoms with E-state index in [1.54, 1.807) is 4.57 Å². The first-order valence-corrected chi connectivity index (χ1v) is 10.3. The zero-order valence-corrected chi connectivity index (χ0v) is 17.0. The molecule has 3 aromatic rings. The van der Waals surface area contributed by atoms with Crippen LogP contribution in [0.3, 0.4) is 0 Å². The fraction of sp³-hybridized carbons (Fsp3) is 0.364. The van der Waals surface area contributed by atoms with Crippen molar-refractivity contribution in [3.05, 3.63) is 78.9 Å². The Morgan fingerprint density at radius 1 is 1.04 bits per heavy atom. The van der Waals surface area contributed by atoms with E-state index in [1.165, 1.54) is 11.0 Å². The lowest BCUT2D eigenvalue weighted by Gasteiger charge is -2.25. The molecule has 0 amide bonds. The maximum absolute atomic E-state index is 13.4. The van der Waals surface area contributed by atoms with Crippen LogP contribution in [-0.2, 0) is 6.54 Å². The summed E-state index contributed by atoms with van der Waals surface area (Å²) in [6.07, 6.45) is 5.13. The minimum absolute atomic E-state index is 0.00486. The van der Waals surface area contributed by atoms with Crippen molar-refractivity contribution >= 4 is 26.8 Å². The molecule has 1 saturated carbocycles. The Kier molecular flexibility index (Phi) is 5.04. The summed E-state index contributed by atoms with van der Waals surface area (Å²) in [5, 5.41) is 0.600. The smallest absolute Gasteiger partial charge is 0.289 e. The van der Waals surface area contributed by atoms with Crippen LogP contribution in [0.2, 0.25) is 0 Å². The minimum atomic E-state index is -0.190. The number of halogens is 1. The molecule has 0 atom stereocenters. The Balaban J connectivity index is 1.97. The highest BCUT2D eigenvalue weighted by molar-refractivity contribution is 9.10. The maximum Gasteiger partial charge on any atom is 0.332 e. The predicted molar refractivity (Wildman–Crippen MR) is 113 cm³/mol. The molecular formula is C22H23BrN2O2. The Labute approximate surface area is 166 Å². The summed E-state index contributed by atoms with van der Waals surface area (Å²) in [6, 6.07) is 13.7. The zero-order chi connectivity index (χ0) is 19.0. The zero-order valence-electron chi connectivity index (χ0n) is 15.5. The van der Waals surface area contributed by atoms with Gasteiger partial charge in [-0.1, -0.05) is 59.5 Å². The van der Waals surface area contributed by atoms with E-state index in [0.29, 0.717) is 17.4 Å². The van der Waals surface area contributed by atoms with Gasteiger partial charge in [0.05, 0.1) is 17.4 Å². The highest BCUT2D eigenvalue weighted by Crippen LogP contribution is 2.27. The molecular weight excluding hydrogens is 404 g/mol. The third kappa shape index (κ3) is 3.41. The van der Waals surface area contributed by atoms with Gasteiger partial charge < -0.3 is 0 Å². The van der Waals surface area contributed by atoms with Crippen molar-refractivity contribution in [1.82, 2.24) is 9.13 Å². The van der Waals surface area contributed by atoms with Crippen molar-refractivity contribution in [2.24, 2.45) is 0 Å². The molecule has 1 fully saturated rings. The van der Waals surface area contributed by atoms with Gasteiger partial charge in [0.2, 0.25) is 0 Å². The summed E-state index contributed by atoms with van der Waals surface area (Å²) in [7, 11) is 0. The lowest BCUT2D eigenvalue weighted by molar-refractivity contribution is 0.333. The molecule has 1 heterocycles. The molecule has 0 aliphatic heterocycles. The average Bonchev–Trinajstić information content (AvgIpc) is 2.68. The molecule has 0 saturated heterocycles. The maximum atomic E-state index is 13.4. The molecule has 1 aliphatic carbocycles. The standard InChI is InChI=1S/C22H23BrN2O2/c1-15-7-5-6-8-16(15)14-24-20-12-11-17(23)13-19(20)21(26)25(22(24)27)18-9-3-2-4-10-18/h5-8,11-13,18H,2-4,9-10,14H2,1H3. The second-order valence-electron chi connectivity index (χ2n) is 7.42. The molecule has 0 N–H and O–H groups in total. The van der Waals surface area contributed by atoms with Gasteiger partial charge in [0.25, 0.3) is 5.56 Å². The van der Waals surface area contributed by atoms with Crippen molar-refractivity contribution in [1.29, 1.82) is 0 Å². The SMILES string of the molecule is Cc1ccccc1Cn1c(=O)n(C2CCCCC2)c(=O)c2cc(Br)ccc21. The fourth-order valence-electron chi connectivity index (χ4n) is 4.14. The number of aryl methyl sites for hydroxylation is 1. The molecule has 4 rings (SSSR count). The second-order valence-corrected chi connectivity index (χ2v) is 8.34. The van der Waals surface area contributed by atoms with E-state index in [1.807, 2.05) is 36.4 Å². The Bertz CT molecular complexity index is 1110. The van der Waals surface area contributed by atoms with Gasteiger partial charge in [0.15, 0.2) is 0 Å². The first-order chi connectivity index (χ1) is 13.1. The van der Waals surface area contributed by atoms with Crippen molar-refractivity contribution in [2.45, 2.75) is 51.6 Å². The molecule has 140 valence electrons. The predicted octanol–water partition coefficient (Wildman–Crippen LogP) is 4.79. The summed E-state index contributed by atoms with van der Waals surface area (Å²) in [5.41, 5.74) is 2.58. The van der Waals surface area contributed by atoms with Gasteiger partial charge >= 0.3 is 5.69 Å². The molecule has 0 spiro atoms. The van der Waals surface area contributed by atoms with Crippen LogP contribution in [0, 0.1) is 6.92 Å². The number of nitrogens with zero attached hydrogens (tertiary/aromatic N) is 2. The highest BCUT2D eigenvalue weighted by atomic mass is 79.9. The van der Waals surface area contributed by atoms with Crippen molar-refractivity contribution < 1.29 is 0 Å². The highest BCUT2D eigenvalue weighted by Gasteiger charge is 2.22. The molecule has 4 nitrogen and oxygen atoms in total. The van der Waals surface area contributed by atoms with Crippen LogP contribution in [0.5, 0.6) is 0 Å². The molecule has 1 aromatic heterocycles. The lowest BCUT2D eigenvalue weighted by atomic mass is 9.95. The normalized spacial score (nSPS) is 15.3. The third-order valence-corrected chi connectivity index (χ3v) is 6.16. The first-order valence-electron chi connectivity index (χ1n) is 9.55. The number of benzene rings is 2. The number of fused-ring (bicyclic) bond motifs is 1. The third-order valence-electron chi connectivity index (χ3n) is 5.67. The van der Waals surface area contributed by atoms with Crippen LogP contribution in [0.1, 0.15) is 49.3 Å². The van der Waals surface area contributed by atoms with Crippen LogP contribution in [0.15, 0.2) is 56.5 Å².